The third-order valence-corrected chi connectivity index (χ3v) is 3.05. The van der Waals surface area contributed by atoms with E-state index in [2.05, 4.69) is 4.98 Å². The van der Waals surface area contributed by atoms with Crippen LogP contribution < -0.4 is 0 Å². The summed E-state index contributed by atoms with van der Waals surface area (Å²) in [6.07, 6.45) is -2.50. The average Bonchev–Trinajstić information content (AvgIpc) is 2.47. The van der Waals surface area contributed by atoms with Crippen molar-refractivity contribution in [3.05, 3.63) is 66.2 Å². The fourth-order valence-electron chi connectivity index (χ4n) is 2.14. The maximum atomic E-state index is 13.2. The summed E-state index contributed by atoms with van der Waals surface area (Å²) < 4.78 is 26.3. The number of aromatic nitrogens is 1. The molecule has 1 heterocycles. The van der Waals surface area contributed by atoms with Crippen LogP contribution in [-0.4, -0.2) is 4.98 Å². The zero-order valence-electron chi connectivity index (χ0n) is 10.1. The standard InChI is InChI=1S/C16H11F2N/c17-16(18)13-10-15(11-6-2-1-3-7-11)19-14-9-5-4-8-12(13)14/h1-10,16H. The lowest BCUT2D eigenvalue weighted by atomic mass is 10.0. The van der Waals surface area contributed by atoms with Crippen LogP contribution in [0.15, 0.2) is 60.7 Å². The highest BCUT2D eigenvalue weighted by Gasteiger charge is 2.14. The molecule has 0 amide bonds. The van der Waals surface area contributed by atoms with Gasteiger partial charge in [-0.3, -0.25) is 0 Å². The van der Waals surface area contributed by atoms with E-state index < -0.39 is 6.43 Å². The largest absolute Gasteiger partial charge is 0.264 e. The minimum atomic E-state index is -2.50. The first kappa shape index (κ1) is 11.8. The van der Waals surface area contributed by atoms with Gasteiger partial charge in [0.2, 0.25) is 0 Å². The van der Waals surface area contributed by atoms with Crippen LogP contribution in [0.1, 0.15) is 12.0 Å². The number of alkyl halides is 2. The molecule has 0 aliphatic heterocycles. The normalized spacial score (nSPS) is 11.1. The van der Waals surface area contributed by atoms with Gasteiger partial charge in [0, 0.05) is 16.5 Å². The Bertz CT molecular complexity index is 708. The predicted octanol–water partition coefficient (Wildman–Crippen LogP) is 4.84. The van der Waals surface area contributed by atoms with Crippen LogP contribution in [0.5, 0.6) is 0 Å². The van der Waals surface area contributed by atoms with Gasteiger partial charge < -0.3 is 0 Å². The summed E-state index contributed by atoms with van der Waals surface area (Å²) in [5.74, 6) is 0. The van der Waals surface area contributed by atoms with Crippen molar-refractivity contribution in [2.24, 2.45) is 0 Å². The summed E-state index contributed by atoms with van der Waals surface area (Å²) in [7, 11) is 0. The molecule has 0 radical (unpaired) electrons. The Morgan fingerprint density at radius 1 is 0.842 bits per heavy atom. The topological polar surface area (TPSA) is 12.9 Å². The van der Waals surface area contributed by atoms with E-state index in [1.807, 2.05) is 30.3 Å². The number of para-hydroxylation sites is 1. The van der Waals surface area contributed by atoms with Gasteiger partial charge in [0.25, 0.3) is 6.43 Å². The molecule has 0 fully saturated rings. The van der Waals surface area contributed by atoms with Crippen molar-refractivity contribution in [1.29, 1.82) is 0 Å². The number of rotatable bonds is 2. The number of hydrogen-bond donors (Lipinski definition) is 0. The predicted molar refractivity (Wildman–Crippen MR) is 72.1 cm³/mol. The molecule has 3 aromatic rings. The SMILES string of the molecule is FC(F)c1cc(-c2ccccc2)nc2ccccc12. The van der Waals surface area contributed by atoms with E-state index in [1.54, 1.807) is 24.3 Å². The molecule has 3 rings (SSSR count). The Hall–Kier alpha value is -2.29. The molecule has 0 saturated carbocycles. The quantitative estimate of drug-likeness (QED) is 0.638. The lowest BCUT2D eigenvalue weighted by Gasteiger charge is -2.09. The Kier molecular flexibility index (Phi) is 2.95. The Morgan fingerprint density at radius 3 is 2.26 bits per heavy atom. The minimum absolute atomic E-state index is 0.0319. The van der Waals surface area contributed by atoms with Crippen molar-refractivity contribution >= 4 is 10.9 Å². The Balaban J connectivity index is 2.28. The van der Waals surface area contributed by atoms with Gasteiger partial charge in [-0.15, -0.1) is 0 Å². The smallest absolute Gasteiger partial charge is 0.248 e. The molecule has 0 bridgehead atoms. The lowest BCUT2D eigenvalue weighted by Crippen LogP contribution is -1.93. The molecule has 0 saturated heterocycles. The monoisotopic (exact) mass is 255 g/mol. The second-order valence-electron chi connectivity index (χ2n) is 4.28. The van der Waals surface area contributed by atoms with E-state index in [4.69, 9.17) is 0 Å². The van der Waals surface area contributed by atoms with Gasteiger partial charge in [-0.1, -0.05) is 48.5 Å². The number of halogens is 2. The zero-order chi connectivity index (χ0) is 13.2. The summed E-state index contributed by atoms with van der Waals surface area (Å²) in [5, 5.41) is 0.511. The summed E-state index contributed by atoms with van der Waals surface area (Å²) in [6, 6.07) is 17.8. The molecule has 2 aromatic carbocycles. The molecule has 19 heavy (non-hydrogen) atoms. The Labute approximate surface area is 109 Å². The highest BCUT2D eigenvalue weighted by atomic mass is 19.3. The van der Waals surface area contributed by atoms with Crippen LogP contribution >= 0.6 is 0 Å². The highest BCUT2D eigenvalue weighted by molar-refractivity contribution is 5.85. The first-order valence-electron chi connectivity index (χ1n) is 5.99. The molecule has 94 valence electrons. The molecule has 1 aromatic heterocycles. The molecule has 0 unspecified atom stereocenters. The van der Waals surface area contributed by atoms with Crippen molar-refractivity contribution < 1.29 is 8.78 Å². The molecular formula is C16H11F2N. The van der Waals surface area contributed by atoms with Crippen molar-refractivity contribution in [2.75, 3.05) is 0 Å². The van der Waals surface area contributed by atoms with Crippen molar-refractivity contribution in [3.8, 4) is 11.3 Å². The van der Waals surface area contributed by atoms with Gasteiger partial charge in [0.15, 0.2) is 0 Å². The molecular weight excluding hydrogens is 244 g/mol. The maximum Gasteiger partial charge on any atom is 0.264 e. The van der Waals surface area contributed by atoms with Crippen molar-refractivity contribution in [1.82, 2.24) is 4.98 Å². The van der Waals surface area contributed by atoms with Crippen molar-refractivity contribution in [2.45, 2.75) is 6.43 Å². The van der Waals surface area contributed by atoms with Crippen molar-refractivity contribution in [3.63, 3.8) is 0 Å². The van der Waals surface area contributed by atoms with E-state index in [0.717, 1.165) is 5.56 Å². The zero-order valence-corrected chi connectivity index (χ0v) is 10.1. The van der Waals surface area contributed by atoms with Gasteiger partial charge in [-0.2, -0.15) is 0 Å². The molecule has 3 heteroatoms. The van der Waals surface area contributed by atoms with E-state index in [0.29, 0.717) is 16.6 Å². The first-order chi connectivity index (χ1) is 9.25. The van der Waals surface area contributed by atoms with E-state index in [1.165, 1.54) is 6.07 Å². The number of fused-ring (bicyclic) bond motifs is 1. The lowest BCUT2D eigenvalue weighted by molar-refractivity contribution is 0.153. The van der Waals surface area contributed by atoms with Crippen LogP contribution in [0.2, 0.25) is 0 Å². The first-order valence-corrected chi connectivity index (χ1v) is 5.99. The summed E-state index contributed by atoms with van der Waals surface area (Å²) in [6.45, 7) is 0. The molecule has 0 spiro atoms. The molecule has 0 N–H and O–H groups in total. The van der Waals surface area contributed by atoms with E-state index in [9.17, 15) is 8.78 Å². The number of nitrogens with zero attached hydrogens (tertiary/aromatic N) is 1. The fraction of sp³-hybridized carbons (Fsp3) is 0.0625. The van der Waals surface area contributed by atoms with Crippen LogP contribution in [0.25, 0.3) is 22.2 Å². The van der Waals surface area contributed by atoms with Gasteiger partial charge >= 0.3 is 0 Å². The van der Waals surface area contributed by atoms with Crippen LogP contribution in [-0.2, 0) is 0 Å². The number of pyridine rings is 1. The summed E-state index contributed by atoms with van der Waals surface area (Å²) in [5.41, 5.74) is 2.05. The molecule has 0 atom stereocenters. The fourth-order valence-corrected chi connectivity index (χ4v) is 2.14. The van der Waals surface area contributed by atoms with Gasteiger partial charge in [-0.05, 0) is 12.1 Å². The summed E-state index contributed by atoms with van der Waals surface area (Å²) in [4.78, 5) is 4.46. The second kappa shape index (κ2) is 4.76. The van der Waals surface area contributed by atoms with E-state index >= 15 is 0 Å². The van der Waals surface area contributed by atoms with Crippen LogP contribution in [0.3, 0.4) is 0 Å². The highest BCUT2D eigenvalue weighted by Crippen LogP contribution is 2.30. The minimum Gasteiger partial charge on any atom is -0.248 e. The molecule has 0 aliphatic rings. The Morgan fingerprint density at radius 2 is 1.53 bits per heavy atom. The van der Waals surface area contributed by atoms with Gasteiger partial charge in [0.1, 0.15) is 0 Å². The van der Waals surface area contributed by atoms with E-state index in [-0.39, 0.29) is 5.56 Å². The number of hydrogen-bond acceptors (Lipinski definition) is 1. The van der Waals surface area contributed by atoms with Gasteiger partial charge in [-0.25, -0.2) is 13.8 Å². The molecule has 0 aliphatic carbocycles. The molecule has 1 nitrogen and oxygen atoms in total. The number of benzene rings is 2. The van der Waals surface area contributed by atoms with Gasteiger partial charge in [0.05, 0.1) is 11.2 Å². The van der Waals surface area contributed by atoms with Crippen LogP contribution in [0.4, 0.5) is 8.78 Å². The maximum absolute atomic E-state index is 13.2. The summed E-state index contributed by atoms with van der Waals surface area (Å²) >= 11 is 0. The average molecular weight is 255 g/mol. The second-order valence-corrected chi connectivity index (χ2v) is 4.28. The third-order valence-electron chi connectivity index (χ3n) is 3.05. The third kappa shape index (κ3) is 2.19. The van der Waals surface area contributed by atoms with Crippen LogP contribution in [0, 0.1) is 0 Å².